The molecule has 0 spiro atoms. The molecule has 2 aromatic rings. The van der Waals surface area contributed by atoms with Crippen molar-refractivity contribution >= 4 is 44.2 Å². The van der Waals surface area contributed by atoms with Crippen molar-refractivity contribution in [3.8, 4) is 0 Å². The normalized spacial score (nSPS) is 23.0. The predicted molar refractivity (Wildman–Crippen MR) is 136 cm³/mol. The van der Waals surface area contributed by atoms with Crippen LogP contribution in [0.15, 0.2) is 41.3 Å². The van der Waals surface area contributed by atoms with Gasteiger partial charge in [-0.2, -0.15) is 4.72 Å². The van der Waals surface area contributed by atoms with Gasteiger partial charge in [0.15, 0.2) is 0 Å². The summed E-state index contributed by atoms with van der Waals surface area (Å²) in [5.74, 6) is -0.571. The largest absolute Gasteiger partial charge is 0.383 e. The average molecular weight is 538 g/mol. The molecule has 2 amide bonds. The Hall–Kier alpha value is -2.24. The molecule has 2 aromatic carbocycles. The Morgan fingerprint density at radius 2 is 1.67 bits per heavy atom. The molecule has 0 saturated carbocycles. The van der Waals surface area contributed by atoms with E-state index in [1.807, 2.05) is 0 Å². The number of methoxy groups -OCH3 is 2. The molecule has 196 valence electrons. The van der Waals surface area contributed by atoms with Crippen LogP contribution >= 0.6 is 11.6 Å². The van der Waals surface area contributed by atoms with Gasteiger partial charge in [-0.05, 0) is 60.7 Å². The van der Waals surface area contributed by atoms with E-state index in [4.69, 9.17) is 21.1 Å². The Morgan fingerprint density at radius 1 is 1.03 bits per heavy atom. The first-order valence-electron chi connectivity index (χ1n) is 12.0. The number of sulfonamides is 1. The van der Waals surface area contributed by atoms with Crippen LogP contribution in [0.3, 0.4) is 0 Å². The SMILES string of the molecule is COCC1CCC(COC)N1C(=O)CN1CCCC(NS(=O)(=O)c2ccc3cc(Cl)ccc3c2)C1=O. The second-order valence-electron chi connectivity index (χ2n) is 9.33. The van der Waals surface area contributed by atoms with E-state index in [1.165, 1.54) is 11.0 Å². The first kappa shape index (κ1) is 26.8. The van der Waals surface area contributed by atoms with Gasteiger partial charge in [0, 0.05) is 25.8 Å². The van der Waals surface area contributed by atoms with Crippen LogP contribution in [-0.4, -0.2) is 88.7 Å². The summed E-state index contributed by atoms with van der Waals surface area (Å²) in [6.07, 6.45) is 2.57. The van der Waals surface area contributed by atoms with E-state index in [-0.39, 0.29) is 29.4 Å². The van der Waals surface area contributed by atoms with Gasteiger partial charge in [-0.3, -0.25) is 9.59 Å². The molecule has 0 aliphatic carbocycles. The number of carbonyl (C=O) groups is 2. The van der Waals surface area contributed by atoms with Crippen LogP contribution < -0.4 is 4.72 Å². The number of fused-ring (bicyclic) bond motifs is 1. The van der Waals surface area contributed by atoms with Crippen molar-refractivity contribution in [2.24, 2.45) is 0 Å². The second-order valence-corrected chi connectivity index (χ2v) is 11.5. The van der Waals surface area contributed by atoms with Gasteiger partial charge in [-0.25, -0.2) is 8.42 Å². The van der Waals surface area contributed by atoms with Crippen molar-refractivity contribution in [1.82, 2.24) is 14.5 Å². The first-order valence-corrected chi connectivity index (χ1v) is 13.9. The molecule has 0 aromatic heterocycles. The van der Waals surface area contributed by atoms with Gasteiger partial charge in [0.1, 0.15) is 6.04 Å². The molecular formula is C25H32ClN3O6S. The van der Waals surface area contributed by atoms with Crippen molar-refractivity contribution in [3.63, 3.8) is 0 Å². The first-order chi connectivity index (χ1) is 17.2. The number of ether oxygens (including phenoxy) is 2. The monoisotopic (exact) mass is 537 g/mol. The summed E-state index contributed by atoms with van der Waals surface area (Å²) < 4.78 is 39.4. The maximum Gasteiger partial charge on any atom is 0.242 e. The molecule has 1 N–H and O–H groups in total. The quantitative estimate of drug-likeness (QED) is 0.526. The van der Waals surface area contributed by atoms with E-state index in [1.54, 1.807) is 49.5 Å². The molecule has 11 heteroatoms. The van der Waals surface area contributed by atoms with Crippen LogP contribution in [-0.2, 0) is 29.1 Å². The summed E-state index contributed by atoms with van der Waals surface area (Å²) in [6.45, 7) is 1.13. The number of carbonyl (C=O) groups excluding carboxylic acids is 2. The molecule has 2 heterocycles. The number of piperidine rings is 1. The number of halogens is 1. The van der Waals surface area contributed by atoms with Crippen LogP contribution in [0.4, 0.5) is 0 Å². The van der Waals surface area contributed by atoms with Crippen LogP contribution in [0.2, 0.25) is 5.02 Å². The number of hydrogen-bond donors (Lipinski definition) is 1. The van der Waals surface area contributed by atoms with Gasteiger partial charge in [0.05, 0.1) is 36.7 Å². The van der Waals surface area contributed by atoms with Gasteiger partial charge in [-0.15, -0.1) is 0 Å². The van der Waals surface area contributed by atoms with Crippen molar-refractivity contribution < 1.29 is 27.5 Å². The number of nitrogens with one attached hydrogen (secondary N) is 1. The highest BCUT2D eigenvalue weighted by molar-refractivity contribution is 7.89. The van der Waals surface area contributed by atoms with Crippen LogP contribution in [0.1, 0.15) is 25.7 Å². The summed E-state index contributed by atoms with van der Waals surface area (Å²) >= 11 is 6.02. The Bertz CT molecular complexity index is 1210. The third-order valence-corrected chi connectivity index (χ3v) is 8.57. The third kappa shape index (κ3) is 5.84. The summed E-state index contributed by atoms with van der Waals surface area (Å²) in [6, 6.07) is 8.88. The number of rotatable bonds is 9. The third-order valence-electron chi connectivity index (χ3n) is 6.86. The second kappa shape index (κ2) is 11.4. The lowest BCUT2D eigenvalue weighted by Crippen LogP contribution is -2.56. The van der Waals surface area contributed by atoms with Crippen LogP contribution in [0, 0.1) is 0 Å². The zero-order chi connectivity index (χ0) is 25.9. The van der Waals surface area contributed by atoms with Gasteiger partial charge in [-0.1, -0.05) is 23.7 Å². The van der Waals surface area contributed by atoms with Crippen LogP contribution in [0.25, 0.3) is 10.8 Å². The minimum absolute atomic E-state index is 0.0696. The fourth-order valence-corrected chi connectivity index (χ4v) is 6.59. The van der Waals surface area contributed by atoms with Gasteiger partial charge < -0.3 is 19.3 Å². The predicted octanol–water partition coefficient (Wildman–Crippen LogP) is 2.41. The lowest BCUT2D eigenvalue weighted by atomic mass is 10.1. The minimum Gasteiger partial charge on any atom is -0.383 e. The fraction of sp³-hybridized carbons (Fsp3) is 0.520. The highest BCUT2D eigenvalue weighted by Crippen LogP contribution is 2.26. The lowest BCUT2D eigenvalue weighted by molar-refractivity contribution is -0.145. The summed E-state index contributed by atoms with van der Waals surface area (Å²) in [4.78, 5) is 29.8. The molecule has 36 heavy (non-hydrogen) atoms. The lowest BCUT2D eigenvalue weighted by Gasteiger charge is -2.35. The zero-order valence-corrected chi connectivity index (χ0v) is 22.1. The molecule has 3 unspecified atom stereocenters. The fourth-order valence-electron chi connectivity index (χ4n) is 5.15. The average Bonchev–Trinajstić information content (AvgIpc) is 3.24. The Balaban J connectivity index is 1.45. The van der Waals surface area contributed by atoms with E-state index in [0.717, 1.165) is 23.6 Å². The molecule has 0 radical (unpaired) electrons. The Kier molecular flexibility index (Phi) is 8.52. The topological polar surface area (TPSA) is 105 Å². The highest BCUT2D eigenvalue weighted by atomic mass is 35.5. The van der Waals surface area contributed by atoms with Crippen molar-refractivity contribution in [3.05, 3.63) is 41.4 Å². The van der Waals surface area contributed by atoms with E-state index in [9.17, 15) is 18.0 Å². The number of amides is 2. The smallest absolute Gasteiger partial charge is 0.242 e. The molecule has 2 fully saturated rings. The Labute approximate surface area is 216 Å². The molecule has 4 rings (SSSR count). The van der Waals surface area contributed by atoms with E-state index < -0.39 is 22.0 Å². The van der Waals surface area contributed by atoms with Gasteiger partial charge in [0.25, 0.3) is 0 Å². The highest BCUT2D eigenvalue weighted by Gasteiger charge is 2.39. The molecule has 2 aliphatic rings. The number of hydrogen-bond acceptors (Lipinski definition) is 6. The molecule has 2 aliphatic heterocycles. The summed E-state index contributed by atoms with van der Waals surface area (Å²) in [7, 11) is -0.755. The van der Waals surface area contributed by atoms with Crippen LogP contribution in [0.5, 0.6) is 0 Å². The molecule has 2 saturated heterocycles. The zero-order valence-electron chi connectivity index (χ0n) is 20.5. The van der Waals surface area contributed by atoms with E-state index >= 15 is 0 Å². The number of nitrogens with zero attached hydrogens (tertiary/aromatic N) is 2. The molecule has 3 atom stereocenters. The molecule has 0 bridgehead atoms. The summed E-state index contributed by atoms with van der Waals surface area (Å²) in [5.41, 5.74) is 0. The Morgan fingerprint density at radius 3 is 2.33 bits per heavy atom. The van der Waals surface area contributed by atoms with Crippen molar-refractivity contribution in [2.45, 2.75) is 48.7 Å². The minimum atomic E-state index is -3.95. The van der Waals surface area contributed by atoms with E-state index in [2.05, 4.69) is 4.72 Å². The van der Waals surface area contributed by atoms with E-state index in [0.29, 0.717) is 37.6 Å². The molecular weight excluding hydrogens is 506 g/mol. The van der Waals surface area contributed by atoms with Gasteiger partial charge >= 0.3 is 0 Å². The number of likely N-dealkylation sites (tertiary alicyclic amines) is 2. The van der Waals surface area contributed by atoms with Crippen molar-refractivity contribution in [1.29, 1.82) is 0 Å². The molecule has 9 nitrogen and oxygen atoms in total. The van der Waals surface area contributed by atoms with Gasteiger partial charge in [0.2, 0.25) is 21.8 Å². The maximum atomic E-state index is 13.3. The van der Waals surface area contributed by atoms with Crippen molar-refractivity contribution in [2.75, 3.05) is 40.5 Å². The number of benzene rings is 2. The standard InChI is InChI=1S/C25H32ClN3O6S/c1-34-15-20-8-9-21(16-35-2)29(20)24(30)14-28-11-3-4-23(25(28)31)27-36(32,33)22-10-6-17-12-19(26)7-5-18(17)13-22/h5-7,10,12-13,20-21,23,27H,3-4,8-9,11,14-16H2,1-2H3. The maximum absolute atomic E-state index is 13.3. The summed E-state index contributed by atoms with van der Waals surface area (Å²) in [5, 5.41) is 2.11.